The van der Waals surface area contributed by atoms with Crippen LogP contribution in [0.5, 0.6) is 0 Å². The van der Waals surface area contributed by atoms with Gasteiger partial charge < -0.3 is 10.1 Å². The Balaban J connectivity index is 2.56. The highest BCUT2D eigenvalue weighted by molar-refractivity contribution is 6.30. The third-order valence-corrected chi connectivity index (χ3v) is 2.25. The van der Waals surface area contributed by atoms with Gasteiger partial charge in [0.25, 0.3) is 0 Å². The topological polar surface area (TPSA) is 47.0 Å². The van der Waals surface area contributed by atoms with Crippen LogP contribution in [0.4, 0.5) is 5.95 Å². The second kappa shape index (κ2) is 5.12. The molecule has 1 N–H and O–H groups in total. The highest BCUT2D eigenvalue weighted by atomic mass is 35.5. The minimum absolute atomic E-state index is 0.106. The fourth-order valence-electron chi connectivity index (χ4n) is 0.912. The van der Waals surface area contributed by atoms with Crippen molar-refractivity contribution < 1.29 is 4.74 Å². The molecule has 0 saturated carbocycles. The monoisotopic (exact) mass is 215 g/mol. The lowest BCUT2D eigenvalue weighted by Gasteiger charge is -2.19. The third kappa shape index (κ3) is 3.12. The van der Waals surface area contributed by atoms with Crippen LogP contribution in [0.25, 0.3) is 0 Å². The maximum absolute atomic E-state index is 5.66. The van der Waals surface area contributed by atoms with Crippen molar-refractivity contribution in [2.45, 2.75) is 26.0 Å². The Morgan fingerprint density at radius 2 is 1.93 bits per heavy atom. The van der Waals surface area contributed by atoms with Crippen molar-refractivity contribution in [2.75, 3.05) is 12.4 Å². The van der Waals surface area contributed by atoms with Gasteiger partial charge in [-0.1, -0.05) is 11.6 Å². The zero-order chi connectivity index (χ0) is 10.6. The van der Waals surface area contributed by atoms with Crippen LogP contribution in [0.1, 0.15) is 13.8 Å². The second-order valence-electron chi connectivity index (χ2n) is 3.10. The molecule has 14 heavy (non-hydrogen) atoms. The molecule has 0 radical (unpaired) electrons. The molecular formula is C9H14ClN3O. The molecule has 1 aromatic heterocycles. The lowest BCUT2D eigenvalue weighted by Crippen LogP contribution is -2.30. The van der Waals surface area contributed by atoms with E-state index in [1.54, 1.807) is 19.5 Å². The van der Waals surface area contributed by atoms with E-state index in [1.807, 2.05) is 13.8 Å². The van der Waals surface area contributed by atoms with Crippen LogP contribution in [-0.4, -0.2) is 29.2 Å². The van der Waals surface area contributed by atoms with E-state index in [2.05, 4.69) is 15.3 Å². The van der Waals surface area contributed by atoms with Gasteiger partial charge in [0.15, 0.2) is 0 Å². The number of aromatic nitrogens is 2. The first-order valence-electron chi connectivity index (χ1n) is 4.40. The van der Waals surface area contributed by atoms with Crippen molar-refractivity contribution in [3.63, 3.8) is 0 Å². The van der Waals surface area contributed by atoms with Gasteiger partial charge in [-0.15, -0.1) is 0 Å². The Labute approximate surface area is 88.7 Å². The summed E-state index contributed by atoms with van der Waals surface area (Å²) in [5.41, 5.74) is 0. The Kier molecular flexibility index (Phi) is 4.10. The van der Waals surface area contributed by atoms with Crippen molar-refractivity contribution in [1.29, 1.82) is 0 Å². The molecule has 2 atom stereocenters. The average molecular weight is 216 g/mol. The molecule has 0 spiro atoms. The first-order chi connectivity index (χ1) is 6.63. The molecule has 5 heteroatoms. The quantitative estimate of drug-likeness (QED) is 0.834. The minimum Gasteiger partial charge on any atom is -0.380 e. The molecule has 1 unspecified atom stereocenters. The summed E-state index contributed by atoms with van der Waals surface area (Å²) in [6.07, 6.45) is 3.22. The van der Waals surface area contributed by atoms with E-state index in [0.29, 0.717) is 11.0 Å². The molecule has 0 saturated heterocycles. The summed E-state index contributed by atoms with van der Waals surface area (Å²) < 4.78 is 5.16. The van der Waals surface area contributed by atoms with Crippen LogP contribution < -0.4 is 5.32 Å². The summed E-state index contributed by atoms with van der Waals surface area (Å²) in [4.78, 5) is 8.05. The Morgan fingerprint density at radius 1 is 1.36 bits per heavy atom. The molecule has 0 bridgehead atoms. The Bertz CT molecular complexity index is 278. The fourth-order valence-corrected chi connectivity index (χ4v) is 1.01. The first-order valence-corrected chi connectivity index (χ1v) is 4.78. The zero-order valence-corrected chi connectivity index (χ0v) is 9.25. The predicted octanol–water partition coefficient (Wildman–Crippen LogP) is 1.97. The number of hydrogen-bond acceptors (Lipinski definition) is 4. The van der Waals surface area contributed by atoms with Gasteiger partial charge in [-0.25, -0.2) is 9.97 Å². The number of anilines is 1. The van der Waals surface area contributed by atoms with Crippen molar-refractivity contribution in [2.24, 2.45) is 0 Å². The van der Waals surface area contributed by atoms with E-state index in [0.717, 1.165) is 0 Å². The van der Waals surface area contributed by atoms with E-state index >= 15 is 0 Å². The number of ether oxygens (including phenoxy) is 1. The summed E-state index contributed by atoms with van der Waals surface area (Å²) in [5, 5.41) is 3.64. The van der Waals surface area contributed by atoms with Gasteiger partial charge in [0.2, 0.25) is 5.95 Å². The predicted molar refractivity (Wildman–Crippen MR) is 56.6 cm³/mol. The van der Waals surface area contributed by atoms with Gasteiger partial charge in [0, 0.05) is 7.11 Å². The molecule has 0 aliphatic carbocycles. The fraction of sp³-hybridized carbons (Fsp3) is 0.556. The van der Waals surface area contributed by atoms with E-state index in [9.17, 15) is 0 Å². The van der Waals surface area contributed by atoms with Crippen LogP contribution in [0.15, 0.2) is 12.4 Å². The third-order valence-electron chi connectivity index (χ3n) is 2.05. The smallest absolute Gasteiger partial charge is 0.222 e. The maximum atomic E-state index is 5.66. The zero-order valence-electron chi connectivity index (χ0n) is 8.49. The summed E-state index contributed by atoms with van der Waals surface area (Å²) in [6, 6.07) is 0.154. The van der Waals surface area contributed by atoms with Gasteiger partial charge in [0.1, 0.15) is 0 Å². The molecule has 4 nitrogen and oxygen atoms in total. The van der Waals surface area contributed by atoms with Gasteiger partial charge in [-0.2, -0.15) is 0 Å². The lowest BCUT2D eigenvalue weighted by atomic mass is 10.2. The minimum atomic E-state index is 0.106. The molecule has 0 fully saturated rings. The van der Waals surface area contributed by atoms with Gasteiger partial charge in [-0.3, -0.25) is 0 Å². The van der Waals surface area contributed by atoms with Crippen molar-refractivity contribution in [3.05, 3.63) is 17.4 Å². The molecule has 78 valence electrons. The maximum Gasteiger partial charge on any atom is 0.222 e. The summed E-state index contributed by atoms with van der Waals surface area (Å²) in [6.45, 7) is 3.99. The number of halogens is 1. The number of nitrogens with one attached hydrogen (secondary N) is 1. The summed E-state index contributed by atoms with van der Waals surface area (Å²) in [5.74, 6) is 0.561. The molecule has 1 aromatic rings. The van der Waals surface area contributed by atoms with Crippen molar-refractivity contribution in [3.8, 4) is 0 Å². The SMILES string of the molecule is COC(C)[C@@H](C)Nc1ncc(Cl)cn1. The highest BCUT2D eigenvalue weighted by Gasteiger charge is 2.11. The summed E-state index contributed by atoms with van der Waals surface area (Å²) >= 11 is 5.66. The van der Waals surface area contributed by atoms with Crippen LogP contribution in [-0.2, 0) is 4.74 Å². The van der Waals surface area contributed by atoms with Crippen LogP contribution in [0, 0.1) is 0 Å². The van der Waals surface area contributed by atoms with Crippen LogP contribution >= 0.6 is 11.6 Å². The van der Waals surface area contributed by atoms with Crippen LogP contribution in [0.3, 0.4) is 0 Å². The molecule has 0 aliphatic rings. The summed E-state index contributed by atoms with van der Waals surface area (Å²) in [7, 11) is 1.67. The molecule has 0 amide bonds. The van der Waals surface area contributed by atoms with Crippen molar-refractivity contribution >= 4 is 17.5 Å². The van der Waals surface area contributed by atoms with E-state index < -0.39 is 0 Å². The lowest BCUT2D eigenvalue weighted by molar-refractivity contribution is 0.106. The van der Waals surface area contributed by atoms with E-state index in [-0.39, 0.29) is 12.1 Å². The average Bonchev–Trinajstić information content (AvgIpc) is 2.20. The van der Waals surface area contributed by atoms with Gasteiger partial charge in [0.05, 0.1) is 29.6 Å². The standard InChI is InChI=1S/C9H14ClN3O/c1-6(7(2)14-3)13-9-11-4-8(10)5-12-9/h4-7H,1-3H3,(H,11,12,13)/t6-,7?/m1/s1. The van der Waals surface area contributed by atoms with E-state index in [4.69, 9.17) is 16.3 Å². The van der Waals surface area contributed by atoms with Gasteiger partial charge in [-0.05, 0) is 13.8 Å². The largest absolute Gasteiger partial charge is 0.380 e. The van der Waals surface area contributed by atoms with Crippen molar-refractivity contribution in [1.82, 2.24) is 9.97 Å². The highest BCUT2D eigenvalue weighted by Crippen LogP contribution is 2.08. The molecule has 0 aliphatic heterocycles. The molecule has 1 rings (SSSR count). The molecule has 1 heterocycles. The Hall–Kier alpha value is -0.870. The second-order valence-corrected chi connectivity index (χ2v) is 3.54. The Morgan fingerprint density at radius 3 is 2.43 bits per heavy atom. The number of methoxy groups -OCH3 is 1. The van der Waals surface area contributed by atoms with Gasteiger partial charge >= 0.3 is 0 Å². The number of nitrogens with zero attached hydrogens (tertiary/aromatic N) is 2. The van der Waals surface area contributed by atoms with E-state index in [1.165, 1.54) is 0 Å². The number of hydrogen-bond donors (Lipinski definition) is 1. The molecule has 0 aromatic carbocycles. The normalized spacial score (nSPS) is 14.9. The number of rotatable bonds is 4. The first kappa shape index (κ1) is 11.2. The van der Waals surface area contributed by atoms with Crippen LogP contribution in [0.2, 0.25) is 5.02 Å². The molecular weight excluding hydrogens is 202 g/mol.